The Labute approximate surface area is 169 Å². The van der Waals surface area contributed by atoms with E-state index in [1.54, 1.807) is 21.5 Å². The minimum absolute atomic E-state index is 0.166. The van der Waals surface area contributed by atoms with Gasteiger partial charge >= 0.3 is 0 Å². The average Bonchev–Trinajstić information content (AvgIpc) is 3.10. The zero-order valence-corrected chi connectivity index (χ0v) is 17.2. The highest BCUT2D eigenvalue weighted by Gasteiger charge is 2.15. The number of hydrogen-bond donors (Lipinski definition) is 1. The summed E-state index contributed by atoms with van der Waals surface area (Å²) >= 11 is 0. The Morgan fingerprint density at radius 2 is 1.66 bits per heavy atom. The van der Waals surface area contributed by atoms with Gasteiger partial charge in [0.15, 0.2) is 0 Å². The van der Waals surface area contributed by atoms with Gasteiger partial charge in [-0.25, -0.2) is 4.52 Å². The highest BCUT2D eigenvalue weighted by molar-refractivity contribution is 5.68. The molecule has 4 rings (SSSR count). The Kier molecular flexibility index (Phi) is 4.84. The van der Waals surface area contributed by atoms with E-state index < -0.39 is 6.10 Å². The van der Waals surface area contributed by atoms with E-state index >= 15 is 0 Å². The van der Waals surface area contributed by atoms with Crippen molar-refractivity contribution in [3.8, 4) is 11.3 Å². The van der Waals surface area contributed by atoms with Crippen molar-refractivity contribution in [3.63, 3.8) is 0 Å². The third-order valence-electron chi connectivity index (χ3n) is 5.42. The molecular weight excluding hydrogens is 362 g/mol. The van der Waals surface area contributed by atoms with E-state index in [0.717, 1.165) is 33.5 Å². The number of aliphatic hydroxyl groups is 1. The molecule has 0 saturated heterocycles. The second-order valence-corrected chi connectivity index (χ2v) is 7.81. The first-order valence-corrected chi connectivity index (χ1v) is 9.75. The summed E-state index contributed by atoms with van der Waals surface area (Å²) in [6.45, 7) is 8.26. The molecular formula is C24H25N3O2. The third kappa shape index (κ3) is 3.61. The van der Waals surface area contributed by atoms with E-state index in [2.05, 4.69) is 18.1 Å². The second-order valence-electron chi connectivity index (χ2n) is 7.81. The largest absolute Gasteiger partial charge is 0.387 e. The molecule has 0 radical (unpaired) electrons. The molecule has 0 spiro atoms. The highest BCUT2D eigenvalue weighted by atomic mass is 16.3. The first-order chi connectivity index (χ1) is 13.8. The maximum absolute atomic E-state index is 13.0. The van der Waals surface area contributed by atoms with Gasteiger partial charge in [-0.05, 0) is 50.5 Å². The fraction of sp³-hybridized carbons (Fsp3) is 0.250. The summed E-state index contributed by atoms with van der Waals surface area (Å²) in [6.07, 6.45) is 2.69. The lowest BCUT2D eigenvalue weighted by atomic mass is 10.0. The van der Waals surface area contributed by atoms with E-state index in [9.17, 15) is 9.90 Å². The molecule has 0 amide bonds. The molecule has 2 heterocycles. The van der Waals surface area contributed by atoms with E-state index in [4.69, 9.17) is 0 Å². The Balaban J connectivity index is 1.71. The number of aliphatic hydroxyl groups excluding tert-OH is 1. The van der Waals surface area contributed by atoms with Crippen molar-refractivity contribution in [2.24, 2.45) is 0 Å². The average molecular weight is 387 g/mol. The van der Waals surface area contributed by atoms with Crippen molar-refractivity contribution in [1.29, 1.82) is 0 Å². The maximum atomic E-state index is 13.0. The summed E-state index contributed by atoms with van der Waals surface area (Å²) in [7, 11) is 0. The SMILES string of the molecule is Cc1ccc(-c2cc3c(=O)n(C[C@@H](O)c4cc(C)ccc4C)ccn3n2)c(C)c1. The second kappa shape index (κ2) is 7.33. The first-order valence-electron chi connectivity index (χ1n) is 9.75. The van der Waals surface area contributed by atoms with Crippen LogP contribution in [0.25, 0.3) is 16.8 Å². The van der Waals surface area contributed by atoms with E-state index in [0.29, 0.717) is 5.52 Å². The van der Waals surface area contributed by atoms with Crippen molar-refractivity contribution >= 4 is 5.52 Å². The zero-order valence-electron chi connectivity index (χ0n) is 17.2. The number of aryl methyl sites for hydroxylation is 4. The molecule has 0 bridgehead atoms. The Morgan fingerprint density at radius 3 is 2.41 bits per heavy atom. The minimum atomic E-state index is -0.753. The summed E-state index contributed by atoms with van der Waals surface area (Å²) in [4.78, 5) is 13.0. The van der Waals surface area contributed by atoms with Crippen LogP contribution in [0.4, 0.5) is 0 Å². The quantitative estimate of drug-likeness (QED) is 0.573. The molecule has 2 aromatic carbocycles. The van der Waals surface area contributed by atoms with Gasteiger partial charge < -0.3 is 9.67 Å². The van der Waals surface area contributed by atoms with Crippen LogP contribution >= 0.6 is 0 Å². The van der Waals surface area contributed by atoms with E-state index in [1.807, 2.05) is 57.2 Å². The monoisotopic (exact) mass is 387 g/mol. The molecule has 0 fully saturated rings. The molecule has 5 nitrogen and oxygen atoms in total. The van der Waals surface area contributed by atoms with E-state index in [1.165, 1.54) is 5.56 Å². The van der Waals surface area contributed by atoms with Crippen LogP contribution in [0.15, 0.2) is 59.7 Å². The van der Waals surface area contributed by atoms with Gasteiger partial charge in [-0.3, -0.25) is 4.79 Å². The van der Waals surface area contributed by atoms with Crippen molar-refractivity contribution in [2.45, 2.75) is 40.3 Å². The maximum Gasteiger partial charge on any atom is 0.276 e. The molecule has 0 saturated carbocycles. The fourth-order valence-electron chi connectivity index (χ4n) is 3.81. The van der Waals surface area contributed by atoms with Crippen LogP contribution in [-0.4, -0.2) is 19.3 Å². The molecule has 0 unspecified atom stereocenters. The summed E-state index contributed by atoms with van der Waals surface area (Å²) in [5.41, 5.74) is 7.38. The van der Waals surface area contributed by atoms with Gasteiger partial charge in [0.2, 0.25) is 0 Å². The van der Waals surface area contributed by atoms with Gasteiger partial charge in [0.05, 0.1) is 18.3 Å². The Bertz CT molecular complexity index is 1270. The van der Waals surface area contributed by atoms with Crippen molar-refractivity contribution in [3.05, 3.63) is 93.0 Å². The van der Waals surface area contributed by atoms with Gasteiger partial charge in [-0.15, -0.1) is 0 Å². The molecule has 2 aromatic heterocycles. The van der Waals surface area contributed by atoms with Crippen molar-refractivity contribution in [1.82, 2.24) is 14.2 Å². The van der Waals surface area contributed by atoms with Crippen LogP contribution in [0.5, 0.6) is 0 Å². The number of fused-ring (bicyclic) bond motifs is 1. The molecule has 5 heteroatoms. The van der Waals surface area contributed by atoms with Gasteiger partial charge in [0.25, 0.3) is 5.56 Å². The number of nitrogens with zero attached hydrogens (tertiary/aromatic N) is 3. The first kappa shape index (κ1) is 19.2. The Hall–Kier alpha value is -3.18. The predicted octanol–water partition coefficient (Wildman–Crippen LogP) is 4.13. The van der Waals surface area contributed by atoms with Crippen LogP contribution < -0.4 is 5.56 Å². The van der Waals surface area contributed by atoms with Gasteiger partial charge in [-0.1, -0.05) is 47.5 Å². The number of hydrogen-bond acceptors (Lipinski definition) is 3. The lowest BCUT2D eigenvalue weighted by Gasteiger charge is -2.16. The van der Waals surface area contributed by atoms with Gasteiger partial charge in [-0.2, -0.15) is 5.10 Å². The van der Waals surface area contributed by atoms with E-state index in [-0.39, 0.29) is 12.1 Å². The third-order valence-corrected chi connectivity index (χ3v) is 5.42. The van der Waals surface area contributed by atoms with Crippen LogP contribution in [0.2, 0.25) is 0 Å². The van der Waals surface area contributed by atoms with Crippen LogP contribution in [0, 0.1) is 27.7 Å². The van der Waals surface area contributed by atoms with Gasteiger partial charge in [0.1, 0.15) is 5.52 Å². The predicted molar refractivity (Wildman–Crippen MR) is 115 cm³/mol. The molecule has 148 valence electrons. The topological polar surface area (TPSA) is 59.5 Å². The number of aromatic nitrogens is 3. The van der Waals surface area contributed by atoms with Crippen LogP contribution in [0.3, 0.4) is 0 Å². The highest BCUT2D eigenvalue weighted by Crippen LogP contribution is 2.24. The van der Waals surface area contributed by atoms with Crippen molar-refractivity contribution < 1.29 is 5.11 Å². The minimum Gasteiger partial charge on any atom is -0.387 e. The zero-order chi connectivity index (χ0) is 20.7. The molecule has 0 aliphatic carbocycles. The molecule has 1 atom stereocenters. The standard InChI is InChI=1S/C24H25N3O2/c1-15-6-8-19(18(4)11-15)21-13-22-24(29)26(9-10-27(22)25-21)14-23(28)20-12-16(2)5-7-17(20)3/h5-13,23,28H,14H2,1-4H3/t23-/m1/s1. The van der Waals surface area contributed by atoms with Crippen molar-refractivity contribution in [2.75, 3.05) is 0 Å². The fourth-order valence-corrected chi connectivity index (χ4v) is 3.81. The summed E-state index contributed by atoms with van der Waals surface area (Å²) in [5.74, 6) is 0. The van der Waals surface area contributed by atoms with Crippen LogP contribution in [-0.2, 0) is 6.54 Å². The summed E-state index contributed by atoms with van der Waals surface area (Å²) in [5, 5.41) is 15.3. The molecule has 0 aliphatic heterocycles. The Morgan fingerprint density at radius 1 is 0.931 bits per heavy atom. The van der Waals surface area contributed by atoms with Gasteiger partial charge in [0, 0.05) is 18.0 Å². The normalized spacial score (nSPS) is 12.4. The molecule has 4 aromatic rings. The number of rotatable bonds is 4. The molecule has 29 heavy (non-hydrogen) atoms. The smallest absolute Gasteiger partial charge is 0.276 e. The molecule has 1 N–H and O–H groups in total. The number of benzene rings is 2. The van der Waals surface area contributed by atoms with Crippen LogP contribution in [0.1, 0.15) is 33.9 Å². The molecule has 0 aliphatic rings. The summed E-state index contributed by atoms with van der Waals surface area (Å²) in [6, 6.07) is 14.0. The lowest BCUT2D eigenvalue weighted by molar-refractivity contribution is 0.154. The summed E-state index contributed by atoms with van der Waals surface area (Å²) < 4.78 is 3.16. The lowest BCUT2D eigenvalue weighted by Crippen LogP contribution is -2.24.